The maximum atomic E-state index is 12.9. The minimum absolute atomic E-state index is 0.0422. The fourth-order valence-corrected chi connectivity index (χ4v) is 2.14. The third kappa shape index (κ3) is 1.72. The first kappa shape index (κ1) is 10.7. The first-order chi connectivity index (χ1) is 7.97. The van der Waals surface area contributed by atoms with Crippen LogP contribution in [0.5, 0.6) is 0 Å². The molecule has 17 heavy (non-hydrogen) atoms. The fourth-order valence-electron chi connectivity index (χ4n) is 2.14. The quantitative estimate of drug-likeness (QED) is 0.707. The third-order valence-corrected chi connectivity index (χ3v) is 3.24. The van der Waals surface area contributed by atoms with Gasteiger partial charge in [0.1, 0.15) is 5.58 Å². The van der Waals surface area contributed by atoms with Crippen molar-refractivity contribution in [3.63, 3.8) is 0 Å². The zero-order valence-corrected chi connectivity index (χ0v) is 9.27. The van der Waals surface area contributed by atoms with Gasteiger partial charge in [0.05, 0.1) is 11.8 Å². The number of benzene rings is 1. The molecule has 1 aliphatic carbocycles. The molecule has 1 aromatic carbocycles. The molecule has 0 unspecified atom stereocenters. The van der Waals surface area contributed by atoms with Crippen LogP contribution >= 0.6 is 0 Å². The predicted molar refractivity (Wildman–Crippen MR) is 57.9 cm³/mol. The summed E-state index contributed by atoms with van der Waals surface area (Å²) in [5.41, 5.74) is 0.853. The van der Waals surface area contributed by atoms with Crippen LogP contribution in [-0.4, -0.2) is 0 Å². The lowest BCUT2D eigenvalue weighted by Gasteiger charge is -2.09. The van der Waals surface area contributed by atoms with Crippen molar-refractivity contribution in [2.24, 2.45) is 0 Å². The molecule has 0 bridgehead atoms. The van der Waals surface area contributed by atoms with E-state index in [1.54, 1.807) is 6.92 Å². The van der Waals surface area contributed by atoms with E-state index in [1.807, 2.05) is 6.07 Å². The zero-order valence-electron chi connectivity index (χ0n) is 9.27. The Bertz CT molecular complexity index is 576. The van der Waals surface area contributed by atoms with Crippen LogP contribution in [0.3, 0.4) is 0 Å². The van der Waals surface area contributed by atoms with Crippen molar-refractivity contribution in [1.82, 2.24) is 0 Å². The van der Waals surface area contributed by atoms with E-state index in [0.717, 1.165) is 24.0 Å². The van der Waals surface area contributed by atoms with Crippen molar-refractivity contribution in [3.05, 3.63) is 35.1 Å². The topological polar surface area (TPSA) is 13.1 Å². The minimum atomic E-state index is -4.35. The summed E-state index contributed by atoms with van der Waals surface area (Å²) in [5, 5.41) is 0.585. The molecule has 4 heteroatoms. The van der Waals surface area contributed by atoms with Crippen molar-refractivity contribution in [1.29, 1.82) is 0 Å². The smallest absolute Gasteiger partial charge is 0.420 e. The van der Waals surface area contributed by atoms with Crippen LogP contribution in [0, 0.1) is 6.92 Å². The molecule has 0 amide bonds. The first-order valence-corrected chi connectivity index (χ1v) is 5.56. The molecule has 0 N–H and O–H groups in total. The minimum Gasteiger partial charge on any atom is -0.463 e. The molecule has 1 nitrogen and oxygen atoms in total. The zero-order chi connectivity index (χ0) is 12.2. The highest BCUT2D eigenvalue weighted by molar-refractivity contribution is 5.85. The van der Waals surface area contributed by atoms with Crippen molar-refractivity contribution < 1.29 is 17.6 Å². The van der Waals surface area contributed by atoms with Gasteiger partial charge in [0, 0.05) is 5.39 Å². The molecule has 2 aromatic rings. The Labute approximate surface area is 96.2 Å². The van der Waals surface area contributed by atoms with Crippen LogP contribution in [0.15, 0.2) is 22.8 Å². The molecule has 1 heterocycles. The Morgan fingerprint density at radius 1 is 1.24 bits per heavy atom. The van der Waals surface area contributed by atoms with Crippen LogP contribution < -0.4 is 0 Å². The van der Waals surface area contributed by atoms with Crippen molar-refractivity contribution >= 4 is 11.0 Å². The van der Waals surface area contributed by atoms with E-state index in [-0.39, 0.29) is 5.58 Å². The first-order valence-electron chi connectivity index (χ1n) is 5.56. The summed E-state index contributed by atoms with van der Waals surface area (Å²) >= 11 is 0. The van der Waals surface area contributed by atoms with Gasteiger partial charge < -0.3 is 4.42 Å². The van der Waals surface area contributed by atoms with Gasteiger partial charge in [-0.2, -0.15) is 13.2 Å². The van der Waals surface area contributed by atoms with Crippen molar-refractivity contribution in [3.8, 4) is 0 Å². The van der Waals surface area contributed by atoms with Crippen LogP contribution in [0.1, 0.15) is 35.4 Å². The number of halogens is 3. The summed E-state index contributed by atoms with van der Waals surface area (Å²) in [6, 6.07) is 3.07. The number of alkyl halides is 3. The van der Waals surface area contributed by atoms with E-state index in [0.29, 0.717) is 11.3 Å². The SMILES string of the molecule is Cc1coc2c(C(F)(F)F)cc(C3CC3)cc12. The summed E-state index contributed by atoms with van der Waals surface area (Å²) in [5.74, 6) is 0.301. The normalized spacial score (nSPS) is 16.7. The molecular weight excluding hydrogens is 229 g/mol. The molecule has 0 radical (unpaired) electrons. The summed E-state index contributed by atoms with van der Waals surface area (Å²) in [4.78, 5) is 0. The van der Waals surface area contributed by atoms with Gasteiger partial charge in [0.15, 0.2) is 0 Å². The average molecular weight is 240 g/mol. The van der Waals surface area contributed by atoms with Gasteiger partial charge in [-0.05, 0) is 48.9 Å². The van der Waals surface area contributed by atoms with E-state index < -0.39 is 11.7 Å². The van der Waals surface area contributed by atoms with Gasteiger partial charge in [-0.3, -0.25) is 0 Å². The lowest BCUT2D eigenvalue weighted by Crippen LogP contribution is -2.06. The van der Waals surface area contributed by atoms with Crippen LogP contribution in [0.2, 0.25) is 0 Å². The second kappa shape index (κ2) is 3.28. The van der Waals surface area contributed by atoms with E-state index >= 15 is 0 Å². The number of fused-ring (bicyclic) bond motifs is 1. The molecule has 90 valence electrons. The highest BCUT2D eigenvalue weighted by atomic mass is 19.4. The molecule has 1 fully saturated rings. The Kier molecular flexibility index (Phi) is 2.06. The van der Waals surface area contributed by atoms with Gasteiger partial charge in [0.25, 0.3) is 0 Å². The molecule has 3 rings (SSSR count). The largest absolute Gasteiger partial charge is 0.463 e. The van der Waals surface area contributed by atoms with E-state index in [9.17, 15) is 13.2 Å². The number of furan rings is 1. The number of hydrogen-bond acceptors (Lipinski definition) is 1. The number of hydrogen-bond donors (Lipinski definition) is 0. The maximum Gasteiger partial charge on any atom is 0.420 e. The summed E-state index contributed by atoms with van der Waals surface area (Å²) in [6.07, 6.45) is -0.997. The number of rotatable bonds is 1. The fraction of sp³-hybridized carbons (Fsp3) is 0.385. The highest BCUT2D eigenvalue weighted by Crippen LogP contribution is 2.45. The molecule has 1 aromatic heterocycles. The molecule has 0 aliphatic heterocycles. The van der Waals surface area contributed by atoms with Crippen molar-refractivity contribution in [2.45, 2.75) is 31.9 Å². The summed E-state index contributed by atoms with van der Waals surface area (Å²) < 4.78 is 43.8. The maximum absolute atomic E-state index is 12.9. The summed E-state index contributed by atoms with van der Waals surface area (Å²) in [7, 11) is 0. The van der Waals surface area contributed by atoms with Gasteiger partial charge in [-0.25, -0.2) is 0 Å². The van der Waals surface area contributed by atoms with Gasteiger partial charge in [-0.1, -0.05) is 0 Å². The Morgan fingerprint density at radius 3 is 2.53 bits per heavy atom. The molecule has 1 aliphatic rings. The molecule has 0 atom stereocenters. The predicted octanol–water partition coefficient (Wildman–Crippen LogP) is 4.64. The van der Waals surface area contributed by atoms with E-state index in [1.165, 1.54) is 12.3 Å². The molecular formula is C13H11F3O. The lowest BCUT2D eigenvalue weighted by molar-refractivity contribution is -0.136. The Hall–Kier alpha value is -1.45. The number of aryl methyl sites for hydroxylation is 1. The molecule has 1 saturated carbocycles. The van der Waals surface area contributed by atoms with Crippen LogP contribution in [0.4, 0.5) is 13.2 Å². The second-order valence-electron chi connectivity index (χ2n) is 4.64. The van der Waals surface area contributed by atoms with Gasteiger partial charge in [0.2, 0.25) is 0 Å². The van der Waals surface area contributed by atoms with Gasteiger partial charge >= 0.3 is 6.18 Å². The van der Waals surface area contributed by atoms with Crippen molar-refractivity contribution in [2.75, 3.05) is 0 Å². The Morgan fingerprint density at radius 2 is 1.94 bits per heavy atom. The molecule has 0 saturated heterocycles. The third-order valence-electron chi connectivity index (χ3n) is 3.24. The van der Waals surface area contributed by atoms with E-state index in [4.69, 9.17) is 4.42 Å². The monoisotopic (exact) mass is 240 g/mol. The second-order valence-corrected chi connectivity index (χ2v) is 4.64. The standard InChI is InChI=1S/C13H11F3O/c1-7-6-17-12-10(7)4-9(8-2-3-8)5-11(12)13(14,15)16/h4-6,8H,2-3H2,1H3. The highest BCUT2D eigenvalue weighted by Gasteiger charge is 2.36. The Balaban J connectivity index is 2.30. The average Bonchev–Trinajstić information content (AvgIpc) is 3.02. The van der Waals surface area contributed by atoms with Crippen LogP contribution in [-0.2, 0) is 6.18 Å². The van der Waals surface area contributed by atoms with Gasteiger partial charge in [-0.15, -0.1) is 0 Å². The summed E-state index contributed by atoms with van der Waals surface area (Å²) in [6.45, 7) is 1.77. The van der Waals surface area contributed by atoms with Crippen LogP contribution in [0.25, 0.3) is 11.0 Å². The lowest BCUT2D eigenvalue weighted by atomic mass is 10.0. The van der Waals surface area contributed by atoms with E-state index in [2.05, 4.69) is 0 Å². The molecule has 0 spiro atoms.